The fourth-order valence-electron chi connectivity index (χ4n) is 2.41. The summed E-state index contributed by atoms with van der Waals surface area (Å²) < 4.78 is 5.52. The Morgan fingerprint density at radius 1 is 1.04 bits per heavy atom. The van der Waals surface area contributed by atoms with Crippen molar-refractivity contribution in [3.63, 3.8) is 0 Å². The molecule has 6 heteroatoms. The van der Waals surface area contributed by atoms with Gasteiger partial charge >= 0.3 is 0 Å². The summed E-state index contributed by atoms with van der Waals surface area (Å²) in [6, 6.07) is 22.5. The Balaban J connectivity index is 1.54. The highest BCUT2D eigenvalue weighted by molar-refractivity contribution is 7.80. The molecule has 0 aliphatic heterocycles. The molecule has 0 bridgehead atoms. The average Bonchev–Trinajstić information content (AvgIpc) is 2.66. The number of hydrogen-bond donors (Lipinski definition) is 2. The molecule has 0 aliphatic rings. The van der Waals surface area contributed by atoms with Crippen LogP contribution in [0.4, 0.5) is 5.69 Å². The third-order valence-electron chi connectivity index (χ3n) is 3.64. The number of rotatable bonds is 4. The minimum absolute atomic E-state index is 0.111. The van der Waals surface area contributed by atoms with Crippen molar-refractivity contribution in [3.8, 4) is 11.8 Å². The molecule has 0 saturated heterocycles. The number of thiocarbonyl (C=S) groups is 1. The van der Waals surface area contributed by atoms with Crippen LogP contribution < -0.4 is 15.4 Å². The van der Waals surface area contributed by atoms with Crippen molar-refractivity contribution in [1.82, 2.24) is 5.32 Å². The molecule has 0 spiro atoms. The molecule has 2 N–H and O–H groups in total. The predicted molar refractivity (Wildman–Crippen MR) is 105 cm³/mol. The van der Waals surface area contributed by atoms with Crippen molar-refractivity contribution < 1.29 is 9.53 Å². The Hall–Kier alpha value is -3.43. The number of ether oxygens (including phenoxy) is 1. The highest BCUT2D eigenvalue weighted by Gasteiger charge is 2.08. The lowest BCUT2D eigenvalue weighted by atomic mass is 10.1. The molecule has 0 heterocycles. The van der Waals surface area contributed by atoms with Crippen LogP contribution in [-0.2, 0) is 4.79 Å². The van der Waals surface area contributed by atoms with Gasteiger partial charge in [0.2, 0.25) is 0 Å². The number of carbonyl (C=O) groups is 1. The minimum Gasteiger partial charge on any atom is -0.484 e. The van der Waals surface area contributed by atoms with Crippen molar-refractivity contribution in [2.45, 2.75) is 0 Å². The first-order chi connectivity index (χ1) is 12.7. The monoisotopic (exact) mass is 361 g/mol. The normalized spacial score (nSPS) is 9.96. The standard InChI is InChI=1S/C20H15N3O2S/c21-12-16-7-3-4-8-18(16)22-20(26)23-19(24)13-25-17-10-9-14-5-1-2-6-15(14)11-17/h1-11H,13H2,(H2,22,23,24,26). The number of anilines is 1. The maximum Gasteiger partial charge on any atom is 0.264 e. The molecule has 0 aromatic heterocycles. The van der Waals surface area contributed by atoms with Gasteiger partial charge in [-0.05, 0) is 47.3 Å². The van der Waals surface area contributed by atoms with Crippen molar-refractivity contribution in [2.24, 2.45) is 0 Å². The van der Waals surface area contributed by atoms with E-state index in [0.29, 0.717) is 17.0 Å². The van der Waals surface area contributed by atoms with E-state index in [-0.39, 0.29) is 17.6 Å². The number of carbonyl (C=O) groups excluding carboxylic acids is 1. The van der Waals surface area contributed by atoms with Gasteiger partial charge in [0.05, 0.1) is 11.3 Å². The highest BCUT2D eigenvalue weighted by atomic mass is 32.1. The zero-order chi connectivity index (χ0) is 18.4. The van der Waals surface area contributed by atoms with Gasteiger partial charge in [0.1, 0.15) is 11.8 Å². The van der Waals surface area contributed by atoms with E-state index in [1.165, 1.54) is 0 Å². The lowest BCUT2D eigenvalue weighted by Gasteiger charge is -2.11. The highest BCUT2D eigenvalue weighted by Crippen LogP contribution is 2.20. The summed E-state index contributed by atoms with van der Waals surface area (Å²) in [6.45, 7) is -0.167. The Labute approximate surface area is 156 Å². The number of nitrogens with zero attached hydrogens (tertiary/aromatic N) is 1. The molecule has 1 amide bonds. The van der Waals surface area contributed by atoms with Gasteiger partial charge in [-0.2, -0.15) is 5.26 Å². The topological polar surface area (TPSA) is 74.2 Å². The van der Waals surface area contributed by atoms with Gasteiger partial charge in [-0.1, -0.05) is 42.5 Å². The van der Waals surface area contributed by atoms with E-state index in [0.717, 1.165) is 10.8 Å². The van der Waals surface area contributed by atoms with Gasteiger partial charge in [-0.25, -0.2) is 0 Å². The van der Waals surface area contributed by atoms with E-state index >= 15 is 0 Å². The lowest BCUT2D eigenvalue weighted by Crippen LogP contribution is -2.37. The van der Waals surface area contributed by atoms with E-state index < -0.39 is 0 Å². The number of para-hydroxylation sites is 1. The van der Waals surface area contributed by atoms with Crippen molar-refractivity contribution in [2.75, 3.05) is 11.9 Å². The molecule has 0 unspecified atom stereocenters. The molecule has 3 aromatic rings. The van der Waals surface area contributed by atoms with Crippen molar-refractivity contribution >= 4 is 39.7 Å². The molecule has 0 atom stereocenters. The predicted octanol–water partition coefficient (Wildman–Crippen LogP) is 3.60. The first-order valence-electron chi connectivity index (χ1n) is 7.87. The van der Waals surface area contributed by atoms with E-state index in [9.17, 15) is 4.79 Å². The summed E-state index contributed by atoms with van der Waals surface area (Å²) in [6.07, 6.45) is 0. The Kier molecular flexibility index (Phi) is 5.42. The summed E-state index contributed by atoms with van der Waals surface area (Å²) in [7, 11) is 0. The molecule has 0 fully saturated rings. The lowest BCUT2D eigenvalue weighted by molar-refractivity contribution is -0.121. The first kappa shape index (κ1) is 17.4. The molecule has 128 valence electrons. The minimum atomic E-state index is -0.384. The molecule has 0 saturated carbocycles. The third kappa shape index (κ3) is 4.35. The molecule has 26 heavy (non-hydrogen) atoms. The Morgan fingerprint density at radius 3 is 2.58 bits per heavy atom. The SMILES string of the molecule is N#Cc1ccccc1NC(=S)NC(=O)COc1ccc2ccccc2c1. The van der Waals surface area contributed by atoms with Gasteiger partial charge in [0, 0.05) is 0 Å². The average molecular weight is 361 g/mol. The second kappa shape index (κ2) is 8.10. The van der Waals surface area contributed by atoms with Gasteiger partial charge < -0.3 is 10.1 Å². The summed E-state index contributed by atoms with van der Waals surface area (Å²) in [5.74, 6) is 0.220. The van der Waals surface area contributed by atoms with Crippen LogP contribution in [0.5, 0.6) is 5.75 Å². The fraction of sp³-hybridized carbons (Fsp3) is 0.0500. The molecular formula is C20H15N3O2S. The molecular weight excluding hydrogens is 346 g/mol. The van der Waals surface area contributed by atoms with E-state index in [2.05, 4.69) is 16.7 Å². The third-order valence-corrected chi connectivity index (χ3v) is 3.84. The quantitative estimate of drug-likeness (QED) is 0.695. The molecule has 0 aliphatic carbocycles. The number of benzene rings is 3. The van der Waals surface area contributed by atoms with E-state index in [1.54, 1.807) is 24.3 Å². The van der Waals surface area contributed by atoms with Gasteiger partial charge in [0.25, 0.3) is 5.91 Å². The number of amides is 1. The zero-order valence-electron chi connectivity index (χ0n) is 13.7. The fourth-order valence-corrected chi connectivity index (χ4v) is 2.64. The Bertz CT molecular complexity index is 1010. The van der Waals surface area contributed by atoms with E-state index in [1.807, 2.05) is 42.5 Å². The van der Waals surface area contributed by atoms with Crippen LogP contribution in [0.25, 0.3) is 10.8 Å². The number of nitrogens with one attached hydrogen (secondary N) is 2. The van der Waals surface area contributed by atoms with Crippen LogP contribution >= 0.6 is 12.2 Å². The van der Waals surface area contributed by atoms with Crippen LogP contribution in [0, 0.1) is 11.3 Å². The van der Waals surface area contributed by atoms with Crippen molar-refractivity contribution in [1.29, 1.82) is 5.26 Å². The van der Waals surface area contributed by atoms with E-state index in [4.69, 9.17) is 22.2 Å². The molecule has 3 rings (SSSR count). The van der Waals surface area contributed by atoms with Crippen LogP contribution in [-0.4, -0.2) is 17.6 Å². The zero-order valence-corrected chi connectivity index (χ0v) is 14.5. The molecule has 3 aromatic carbocycles. The molecule has 5 nitrogen and oxygen atoms in total. The first-order valence-corrected chi connectivity index (χ1v) is 8.28. The van der Waals surface area contributed by atoms with Crippen LogP contribution in [0.15, 0.2) is 66.7 Å². The Morgan fingerprint density at radius 2 is 1.77 bits per heavy atom. The van der Waals surface area contributed by atoms with Crippen LogP contribution in [0.1, 0.15) is 5.56 Å². The van der Waals surface area contributed by atoms with Gasteiger partial charge in [-0.3, -0.25) is 10.1 Å². The largest absolute Gasteiger partial charge is 0.484 e. The maximum absolute atomic E-state index is 12.0. The van der Waals surface area contributed by atoms with Crippen LogP contribution in [0.2, 0.25) is 0 Å². The summed E-state index contributed by atoms with van der Waals surface area (Å²) in [5, 5.41) is 16.7. The summed E-state index contributed by atoms with van der Waals surface area (Å²) in [5.41, 5.74) is 0.979. The van der Waals surface area contributed by atoms with Gasteiger partial charge in [0.15, 0.2) is 11.7 Å². The van der Waals surface area contributed by atoms with Crippen LogP contribution in [0.3, 0.4) is 0 Å². The number of hydrogen-bond acceptors (Lipinski definition) is 4. The molecule has 0 radical (unpaired) electrons. The second-order valence-corrected chi connectivity index (χ2v) is 5.87. The second-order valence-electron chi connectivity index (χ2n) is 5.46. The van der Waals surface area contributed by atoms with Crippen molar-refractivity contribution in [3.05, 3.63) is 72.3 Å². The summed E-state index contributed by atoms with van der Waals surface area (Å²) in [4.78, 5) is 12.0. The maximum atomic E-state index is 12.0. The van der Waals surface area contributed by atoms with Gasteiger partial charge in [-0.15, -0.1) is 0 Å². The summed E-state index contributed by atoms with van der Waals surface area (Å²) >= 11 is 5.11. The number of nitriles is 1. The number of fused-ring (bicyclic) bond motifs is 1. The smallest absolute Gasteiger partial charge is 0.264 e.